The number of carbonyl (C=O) groups excluding carboxylic acids is 1. The molecule has 1 amide bonds. The van der Waals surface area contributed by atoms with Crippen LogP contribution in [0.15, 0.2) is 60.9 Å². The van der Waals surface area contributed by atoms with E-state index in [1.165, 1.54) is 18.3 Å². The molecule has 0 unspecified atom stereocenters. The molecule has 1 fully saturated rings. The standard InChI is InChI=1S/C24H23FN6O2/c1-2-18-12-31-22(27-18)8-9-23(29-31)30-13-20(21(32)14-30)28-24(33)16-6-7-19(26-11-16)15-4-3-5-17(25)10-15/h3-12,20-21,32H,2,13-14H2,1H3,(H,28,33)/t20-,21-/m0/s1. The predicted molar refractivity (Wildman–Crippen MR) is 121 cm³/mol. The molecule has 1 aliphatic heterocycles. The fourth-order valence-electron chi connectivity index (χ4n) is 3.97. The van der Waals surface area contributed by atoms with Crippen LogP contribution in [-0.2, 0) is 6.42 Å². The summed E-state index contributed by atoms with van der Waals surface area (Å²) in [6.07, 6.45) is 3.44. The van der Waals surface area contributed by atoms with Gasteiger partial charge in [-0.15, -0.1) is 5.10 Å². The minimum atomic E-state index is -0.736. The van der Waals surface area contributed by atoms with E-state index in [1.54, 1.807) is 28.8 Å². The summed E-state index contributed by atoms with van der Waals surface area (Å²) < 4.78 is 15.2. The molecule has 0 spiro atoms. The van der Waals surface area contributed by atoms with Gasteiger partial charge in [-0.3, -0.25) is 9.78 Å². The molecular formula is C24H23FN6O2. The SMILES string of the molecule is CCc1cn2nc(N3C[C@H](NC(=O)c4ccc(-c5cccc(F)c5)nc4)[C@@H](O)C3)ccc2n1. The van der Waals surface area contributed by atoms with Crippen molar-refractivity contribution in [3.8, 4) is 11.3 Å². The van der Waals surface area contributed by atoms with Crippen LogP contribution in [0.4, 0.5) is 10.2 Å². The Morgan fingerprint density at radius 3 is 2.85 bits per heavy atom. The molecule has 168 valence electrons. The first kappa shape index (κ1) is 21.0. The Balaban J connectivity index is 1.26. The second kappa shape index (κ2) is 8.59. The highest BCUT2D eigenvalue weighted by Crippen LogP contribution is 2.21. The van der Waals surface area contributed by atoms with Gasteiger partial charge in [0.05, 0.1) is 35.3 Å². The molecule has 1 aliphatic rings. The number of halogens is 1. The second-order valence-corrected chi connectivity index (χ2v) is 8.07. The van der Waals surface area contributed by atoms with Crippen molar-refractivity contribution in [1.29, 1.82) is 0 Å². The van der Waals surface area contributed by atoms with Crippen LogP contribution in [0.3, 0.4) is 0 Å². The number of fused-ring (bicyclic) bond motifs is 1. The smallest absolute Gasteiger partial charge is 0.253 e. The minimum absolute atomic E-state index is 0.329. The van der Waals surface area contributed by atoms with Gasteiger partial charge in [0.15, 0.2) is 5.65 Å². The zero-order valence-corrected chi connectivity index (χ0v) is 18.0. The van der Waals surface area contributed by atoms with Gasteiger partial charge in [0, 0.05) is 24.8 Å². The van der Waals surface area contributed by atoms with Crippen molar-refractivity contribution in [2.45, 2.75) is 25.5 Å². The maximum atomic E-state index is 13.4. The van der Waals surface area contributed by atoms with E-state index < -0.39 is 12.1 Å². The molecule has 3 aromatic heterocycles. The van der Waals surface area contributed by atoms with Gasteiger partial charge >= 0.3 is 0 Å². The number of aliphatic hydroxyl groups is 1. The van der Waals surface area contributed by atoms with E-state index in [-0.39, 0.29) is 11.7 Å². The fraction of sp³-hybridized carbons (Fsp3) is 0.250. The highest BCUT2D eigenvalue weighted by atomic mass is 19.1. The maximum absolute atomic E-state index is 13.4. The average molecular weight is 446 g/mol. The quantitative estimate of drug-likeness (QED) is 0.489. The van der Waals surface area contributed by atoms with Gasteiger partial charge in [-0.1, -0.05) is 19.1 Å². The van der Waals surface area contributed by atoms with Crippen LogP contribution in [0.25, 0.3) is 16.9 Å². The van der Waals surface area contributed by atoms with Crippen LogP contribution in [-0.4, -0.2) is 55.8 Å². The lowest BCUT2D eigenvalue weighted by Crippen LogP contribution is -2.42. The minimum Gasteiger partial charge on any atom is -0.389 e. The summed E-state index contributed by atoms with van der Waals surface area (Å²) in [4.78, 5) is 23.4. The first-order chi connectivity index (χ1) is 16.0. The van der Waals surface area contributed by atoms with Gasteiger partial charge in [0.2, 0.25) is 0 Å². The molecule has 4 aromatic rings. The highest BCUT2D eigenvalue weighted by Gasteiger charge is 2.33. The number of aryl methyl sites for hydroxylation is 1. The van der Waals surface area contributed by atoms with E-state index in [9.17, 15) is 14.3 Å². The van der Waals surface area contributed by atoms with Crippen LogP contribution in [0.5, 0.6) is 0 Å². The molecule has 8 nitrogen and oxygen atoms in total. The topological polar surface area (TPSA) is 95.7 Å². The Hall–Kier alpha value is -3.85. The number of imidazole rings is 1. The summed E-state index contributed by atoms with van der Waals surface area (Å²) in [7, 11) is 0. The van der Waals surface area contributed by atoms with Crippen molar-refractivity contribution < 1.29 is 14.3 Å². The third-order valence-electron chi connectivity index (χ3n) is 5.79. The lowest BCUT2D eigenvalue weighted by atomic mass is 10.1. The Kier molecular flexibility index (Phi) is 5.47. The van der Waals surface area contributed by atoms with Crippen molar-refractivity contribution in [2.24, 2.45) is 0 Å². The van der Waals surface area contributed by atoms with Crippen molar-refractivity contribution in [2.75, 3.05) is 18.0 Å². The number of amides is 1. The van der Waals surface area contributed by atoms with E-state index in [4.69, 9.17) is 0 Å². The first-order valence-electron chi connectivity index (χ1n) is 10.8. The highest BCUT2D eigenvalue weighted by molar-refractivity contribution is 5.94. The number of anilines is 1. The number of β-amino-alcohol motifs (C(OH)–C–C–N with tert-alkyl or cyclic N) is 1. The van der Waals surface area contributed by atoms with Crippen LogP contribution in [0.1, 0.15) is 23.0 Å². The molecule has 9 heteroatoms. The molecular weight excluding hydrogens is 423 g/mol. The van der Waals surface area contributed by atoms with E-state index in [1.807, 2.05) is 30.2 Å². The molecule has 0 radical (unpaired) electrons. The van der Waals surface area contributed by atoms with E-state index in [0.717, 1.165) is 17.8 Å². The molecule has 0 aliphatic carbocycles. The average Bonchev–Trinajstić information content (AvgIpc) is 3.41. The molecule has 1 saturated heterocycles. The van der Waals surface area contributed by atoms with Crippen molar-refractivity contribution in [3.05, 3.63) is 78.0 Å². The lowest BCUT2D eigenvalue weighted by molar-refractivity contribution is 0.0888. The van der Waals surface area contributed by atoms with Crippen LogP contribution in [0, 0.1) is 5.82 Å². The number of aliphatic hydroxyl groups excluding tert-OH is 1. The van der Waals surface area contributed by atoms with Crippen molar-refractivity contribution in [3.63, 3.8) is 0 Å². The lowest BCUT2D eigenvalue weighted by Gasteiger charge is -2.17. The third kappa shape index (κ3) is 4.27. The summed E-state index contributed by atoms with van der Waals surface area (Å²) in [5.41, 5.74) is 3.31. The zero-order chi connectivity index (χ0) is 22.9. The van der Waals surface area contributed by atoms with Gasteiger partial charge in [-0.2, -0.15) is 0 Å². The number of hydrogen-bond donors (Lipinski definition) is 2. The van der Waals surface area contributed by atoms with Crippen LogP contribution >= 0.6 is 0 Å². The third-order valence-corrected chi connectivity index (χ3v) is 5.79. The number of benzene rings is 1. The normalized spacial score (nSPS) is 18.1. The number of aromatic nitrogens is 4. The second-order valence-electron chi connectivity index (χ2n) is 8.07. The van der Waals surface area contributed by atoms with Gasteiger partial charge in [0.25, 0.3) is 5.91 Å². The largest absolute Gasteiger partial charge is 0.389 e. The summed E-state index contributed by atoms with van der Waals surface area (Å²) in [5.74, 6) is 0.0349. The number of rotatable bonds is 5. The maximum Gasteiger partial charge on any atom is 0.253 e. The molecule has 0 bridgehead atoms. The number of pyridine rings is 1. The van der Waals surface area contributed by atoms with Crippen LogP contribution < -0.4 is 10.2 Å². The Bertz CT molecular complexity index is 1310. The Morgan fingerprint density at radius 2 is 2.09 bits per heavy atom. The first-order valence-corrected chi connectivity index (χ1v) is 10.8. The summed E-state index contributed by atoms with van der Waals surface area (Å²) in [6, 6.07) is 12.8. The molecule has 2 N–H and O–H groups in total. The van der Waals surface area contributed by atoms with E-state index in [0.29, 0.717) is 35.7 Å². The molecule has 1 aromatic carbocycles. The van der Waals surface area contributed by atoms with Gasteiger partial charge in [0.1, 0.15) is 11.6 Å². The monoisotopic (exact) mass is 446 g/mol. The van der Waals surface area contributed by atoms with E-state index in [2.05, 4.69) is 20.4 Å². The summed E-state index contributed by atoms with van der Waals surface area (Å²) in [6.45, 7) is 2.82. The molecule has 5 rings (SSSR count). The number of nitrogens with zero attached hydrogens (tertiary/aromatic N) is 5. The fourth-order valence-corrected chi connectivity index (χ4v) is 3.97. The van der Waals surface area contributed by atoms with Crippen LogP contribution in [0.2, 0.25) is 0 Å². The number of hydrogen-bond acceptors (Lipinski definition) is 6. The van der Waals surface area contributed by atoms with E-state index >= 15 is 0 Å². The molecule has 2 atom stereocenters. The number of carbonyl (C=O) groups is 1. The predicted octanol–water partition coefficient (Wildman–Crippen LogP) is 2.47. The summed E-state index contributed by atoms with van der Waals surface area (Å²) in [5, 5.41) is 18.0. The Morgan fingerprint density at radius 1 is 1.21 bits per heavy atom. The molecule has 4 heterocycles. The Labute approximate surface area is 189 Å². The number of nitrogens with one attached hydrogen (secondary N) is 1. The van der Waals surface area contributed by atoms with Gasteiger partial charge < -0.3 is 15.3 Å². The van der Waals surface area contributed by atoms with Gasteiger partial charge in [-0.05, 0) is 42.8 Å². The molecule has 33 heavy (non-hydrogen) atoms. The van der Waals surface area contributed by atoms with Crippen molar-refractivity contribution in [1.82, 2.24) is 24.9 Å². The molecule has 0 saturated carbocycles. The zero-order valence-electron chi connectivity index (χ0n) is 18.0. The van der Waals surface area contributed by atoms with Gasteiger partial charge in [-0.25, -0.2) is 13.9 Å². The summed E-state index contributed by atoms with van der Waals surface area (Å²) >= 11 is 0. The van der Waals surface area contributed by atoms with Crippen molar-refractivity contribution >= 4 is 17.4 Å².